The lowest BCUT2D eigenvalue weighted by molar-refractivity contribution is -0.116. The number of hydrogen-bond donors (Lipinski definition) is 2. The third kappa shape index (κ3) is 7.25. The molecule has 0 unspecified atom stereocenters. The Bertz CT molecular complexity index is 1400. The van der Waals surface area contributed by atoms with Gasteiger partial charge in [0.05, 0.1) is 18.5 Å². The molecule has 0 saturated carbocycles. The molecule has 2 N–H and O–H groups in total. The van der Waals surface area contributed by atoms with Gasteiger partial charge in [0.15, 0.2) is 0 Å². The number of aryl methyl sites for hydroxylation is 1. The molecule has 202 valence electrons. The van der Waals surface area contributed by atoms with Gasteiger partial charge >= 0.3 is 6.03 Å². The van der Waals surface area contributed by atoms with Crippen LogP contribution in [0.4, 0.5) is 16.3 Å². The number of hydrogen-bond acceptors (Lipinski definition) is 4. The van der Waals surface area contributed by atoms with Gasteiger partial charge < -0.3 is 20.3 Å². The molecule has 3 aromatic carbocycles. The Morgan fingerprint density at radius 2 is 1.69 bits per heavy atom. The number of carbonyl (C=O) groups is 2. The number of rotatable bonds is 10. The number of ether oxygens (including phenoxy) is 1. The third-order valence-electron chi connectivity index (χ3n) is 6.16. The van der Waals surface area contributed by atoms with Crippen LogP contribution in [0.15, 0.2) is 84.9 Å². The molecule has 3 amide bonds. The molecule has 0 radical (unpaired) electrons. The fourth-order valence-corrected chi connectivity index (χ4v) is 4.23. The number of amides is 3. The van der Waals surface area contributed by atoms with Gasteiger partial charge in [-0.2, -0.15) is 5.10 Å². The average molecular weight is 526 g/mol. The van der Waals surface area contributed by atoms with Crippen molar-refractivity contribution in [2.24, 2.45) is 5.92 Å². The van der Waals surface area contributed by atoms with E-state index in [1.807, 2.05) is 98.8 Å². The maximum atomic E-state index is 13.3. The van der Waals surface area contributed by atoms with E-state index in [4.69, 9.17) is 9.84 Å². The van der Waals surface area contributed by atoms with Crippen LogP contribution in [-0.2, 0) is 11.2 Å². The molecule has 0 saturated heterocycles. The number of aromatic nitrogens is 2. The summed E-state index contributed by atoms with van der Waals surface area (Å²) >= 11 is 0. The van der Waals surface area contributed by atoms with Crippen LogP contribution < -0.4 is 15.4 Å². The van der Waals surface area contributed by atoms with Crippen molar-refractivity contribution in [2.45, 2.75) is 27.2 Å². The number of carbonyl (C=O) groups excluding carboxylic acids is 2. The van der Waals surface area contributed by atoms with Gasteiger partial charge in [0.1, 0.15) is 18.1 Å². The van der Waals surface area contributed by atoms with Crippen LogP contribution in [0.25, 0.3) is 16.9 Å². The van der Waals surface area contributed by atoms with Crippen molar-refractivity contribution in [3.63, 3.8) is 0 Å². The summed E-state index contributed by atoms with van der Waals surface area (Å²) in [6.07, 6.45) is 0.870. The van der Waals surface area contributed by atoms with Gasteiger partial charge in [-0.25, -0.2) is 9.48 Å². The summed E-state index contributed by atoms with van der Waals surface area (Å²) in [5.74, 6) is 1.09. The van der Waals surface area contributed by atoms with E-state index in [2.05, 4.69) is 17.6 Å². The smallest absolute Gasteiger partial charge is 0.322 e. The maximum Gasteiger partial charge on any atom is 0.322 e. The molecular formula is C31H35N5O3. The highest BCUT2D eigenvalue weighted by Crippen LogP contribution is 2.26. The molecule has 8 heteroatoms. The van der Waals surface area contributed by atoms with E-state index in [-0.39, 0.29) is 24.4 Å². The summed E-state index contributed by atoms with van der Waals surface area (Å²) in [4.78, 5) is 28.0. The number of benzene rings is 3. The standard InChI is InChI=1S/C31H35N5O3/c1-5-23-10-9-13-25(18-23)32-31(38)35(20-22(2)3)21-30(37)33-29-19-28(24-11-7-6-8-12-24)34-36(29)26-14-16-27(39-4)17-15-26/h6-19,22H,5,20-21H2,1-4H3,(H,32,38)(H,33,37). The van der Waals surface area contributed by atoms with Crippen molar-refractivity contribution in [2.75, 3.05) is 30.8 Å². The predicted octanol–water partition coefficient (Wildman–Crippen LogP) is 6.24. The van der Waals surface area contributed by atoms with E-state index in [1.54, 1.807) is 11.8 Å². The van der Waals surface area contributed by atoms with Crippen molar-refractivity contribution in [3.05, 3.63) is 90.5 Å². The molecule has 39 heavy (non-hydrogen) atoms. The lowest BCUT2D eigenvalue weighted by Crippen LogP contribution is -2.42. The largest absolute Gasteiger partial charge is 0.497 e. The molecule has 4 aromatic rings. The Morgan fingerprint density at radius 3 is 2.36 bits per heavy atom. The van der Waals surface area contributed by atoms with E-state index in [9.17, 15) is 9.59 Å². The summed E-state index contributed by atoms with van der Waals surface area (Å²) < 4.78 is 6.97. The van der Waals surface area contributed by atoms with Crippen LogP contribution in [-0.4, -0.2) is 46.8 Å². The lowest BCUT2D eigenvalue weighted by atomic mass is 10.1. The lowest BCUT2D eigenvalue weighted by Gasteiger charge is -2.24. The zero-order chi connectivity index (χ0) is 27.8. The first-order chi connectivity index (χ1) is 18.9. The molecular weight excluding hydrogens is 490 g/mol. The molecule has 1 heterocycles. The molecule has 0 fully saturated rings. The van der Waals surface area contributed by atoms with Gasteiger partial charge in [0.2, 0.25) is 5.91 Å². The molecule has 0 atom stereocenters. The first kappa shape index (κ1) is 27.4. The second-order valence-corrected chi connectivity index (χ2v) is 9.70. The molecule has 0 aliphatic heterocycles. The fraction of sp³-hybridized carbons (Fsp3) is 0.258. The maximum absolute atomic E-state index is 13.3. The quantitative estimate of drug-likeness (QED) is 0.257. The first-order valence-electron chi connectivity index (χ1n) is 13.1. The highest BCUT2D eigenvalue weighted by atomic mass is 16.5. The minimum atomic E-state index is -0.319. The van der Waals surface area contributed by atoms with Gasteiger partial charge in [-0.1, -0.05) is 63.2 Å². The van der Waals surface area contributed by atoms with Gasteiger partial charge in [0, 0.05) is 23.9 Å². The predicted molar refractivity (Wildman–Crippen MR) is 155 cm³/mol. The number of nitrogens with one attached hydrogen (secondary N) is 2. The monoisotopic (exact) mass is 525 g/mol. The van der Waals surface area contributed by atoms with Crippen LogP contribution in [0.5, 0.6) is 5.75 Å². The van der Waals surface area contributed by atoms with Crippen LogP contribution in [0.1, 0.15) is 26.3 Å². The highest BCUT2D eigenvalue weighted by molar-refractivity contribution is 5.97. The third-order valence-corrected chi connectivity index (χ3v) is 6.16. The van der Waals surface area contributed by atoms with Gasteiger partial charge in [0.25, 0.3) is 0 Å². The second-order valence-electron chi connectivity index (χ2n) is 9.70. The van der Waals surface area contributed by atoms with Crippen molar-refractivity contribution >= 4 is 23.4 Å². The van der Waals surface area contributed by atoms with E-state index in [0.29, 0.717) is 23.7 Å². The highest BCUT2D eigenvalue weighted by Gasteiger charge is 2.21. The van der Waals surface area contributed by atoms with Crippen LogP contribution in [0.3, 0.4) is 0 Å². The van der Waals surface area contributed by atoms with E-state index < -0.39 is 0 Å². The van der Waals surface area contributed by atoms with Crippen LogP contribution >= 0.6 is 0 Å². The van der Waals surface area contributed by atoms with Crippen LogP contribution in [0, 0.1) is 5.92 Å². The number of methoxy groups -OCH3 is 1. The number of anilines is 2. The van der Waals surface area contributed by atoms with Crippen molar-refractivity contribution in [1.29, 1.82) is 0 Å². The topological polar surface area (TPSA) is 88.5 Å². The summed E-state index contributed by atoms with van der Waals surface area (Å²) in [6.45, 7) is 6.42. The molecule has 4 rings (SSSR count). The number of urea groups is 1. The Balaban J connectivity index is 1.56. The number of nitrogens with zero attached hydrogens (tertiary/aromatic N) is 3. The minimum Gasteiger partial charge on any atom is -0.497 e. The van der Waals surface area contributed by atoms with Crippen LogP contribution in [0.2, 0.25) is 0 Å². The Labute approximate surface area is 229 Å². The van der Waals surface area contributed by atoms with Gasteiger partial charge in [-0.15, -0.1) is 0 Å². The molecule has 1 aromatic heterocycles. The van der Waals surface area contributed by atoms with Gasteiger partial charge in [-0.3, -0.25) is 4.79 Å². The fourth-order valence-electron chi connectivity index (χ4n) is 4.23. The average Bonchev–Trinajstić information content (AvgIpc) is 3.36. The van der Waals surface area contributed by atoms with Crippen molar-refractivity contribution in [1.82, 2.24) is 14.7 Å². The zero-order valence-electron chi connectivity index (χ0n) is 22.8. The molecule has 0 spiro atoms. The Morgan fingerprint density at radius 1 is 0.949 bits per heavy atom. The Hall–Kier alpha value is -4.59. The molecule has 0 bridgehead atoms. The molecule has 8 nitrogen and oxygen atoms in total. The summed E-state index contributed by atoms with van der Waals surface area (Å²) in [7, 11) is 1.61. The SMILES string of the molecule is CCc1cccc(NC(=O)N(CC(=O)Nc2cc(-c3ccccc3)nn2-c2ccc(OC)cc2)CC(C)C)c1. The van der Waals surface area contributed by atoms with Crippen molar-refractivity contribution < 1.29 is 14.3 Å². The summed E-state index contributed by atoms with van der Waals surface area (Å²) in [5, 5.41) is 10.7. The zero-order valence-corrected chi connectivity index (χ0v) is 22.8. The summed E-state index contributed by atoms with van der Waals surface area (Å²) in [5.41, 5.74) is 4.24. The molecule has 0 aliphatic rings. The second kappa shape index (κ2) is 12.8. The normalized spacial score (nSPS) is 10.8. The van der Waals surface area contributed by atoms with Gasteiger partial charge in [-0.05, 0) is 54.3 Å². The van der Waals surface area contributed by atoms with E-state index in [1.165, 1.54) is 4.90 Å². The molecule has 0 aliphatic carbocycles. The van der Waals surface area contributed by atoms with Crippen molar-refractivity contribution in [3.8, 4) is 22.7 Å². The minimum absolute atomic E-state index is 0.105. The Kier molecular flexibility index (Phi) is 8.99. The summed E-state index contributed by atoms with van der Waals surface area (Å²) in [6, 6.07) is 26.4. The first-order valence-corrected chi connectivity index (χ1v) is 13.1. The van der Waals surface area contributed by atoms with E-state index in [0.717, 1.165) is 29.0 Å². The van der Waals surface area contributed by atoms with E-state index >= 15 is 0 Å².